The quantitative estimate of drug-likeness (QED) is 0.378. The molecule has 0 aromatic heterocycles. The Morgan fingerprint density at radius 2 is 1.00 bits per heavy atom. The van der Waals surface area contributed by atoms with Crippen molar-refractivity contribution in [1.82, 2.24) is 0 Å². The Morgan fingerprint density at radius 3 is 1.37 bits per heavy atom. The maximum Gasteiger partial charge on any atom is 0.0563 e. The summed E-state index contributed by atoms with van der Waals surface area (Å²) >= 11 is 0. The summed E-state index contributed by atoms with van der Waals surface area (Å²) in [6, 6.07) is 0. The summed E-state index contributed by atoms with van der Waals surface area (Å²) in [6.07, 6.45) is 17.6. The minimum absolute atomic E-state index is 0.0804. The molecular weight excluding hydrogens is 232 g/mol. The van der Waals surface area contributed by atoms with E-state index >= 15 is 0 Å². The lowest BCUT2D eigenvalue weighted by molar-refractivity contribution is 0.113. The Kier molecular flexibility index (Phi) is 14.3. The SMILES string of the molecule is CCCCCCCCCCCCCC[C@H](O)C(C)C. The van der Waals surface area contributed by atoms with Gasteiger partial charge in [-0.1, -0.05) is 97.8 Å². The molecule has 0 spiro atoms. The van der Waals surface area contributed by atoms with Crippen LogP contribution in [0.5, 0.6) is 0 Å². The lowest BCUT2D eigenvalue weighted by Gasteiger charge is -2.13. The van der Waals surface area contributed by atoms with Gasteiger partial charge in [-0.3, -0.25) is 0 Å². The fourth-order valence-electron chi connectivity index (χ4n) is 2.53. The fraction of sp³-hybridized carbons (Fsp3) is 1.00. The number of aliphatic hydroxyl groups excluding tert-OH is 1. The first-order valence-electron chi connectivity index (χ1n) is 8.86. The van der Waals surface area contributed by atoms with Crippen LogP contribution in [0.4, 0.5) is 0 Å². The topological polar surface area (TPSA) is 20.2 Å². The molecule has 19 heavy (non-hydrogen) atoms. The van der Waals surface area contributed by atoms with Crippen molar-refractivity contribution in [1.29, 1.82) is 0 Å². The van der Waals surface area contributed by atoms with Gasteiger partial charge >= 0.3 is 0 Å². The van der Waals surface area contributed by atoms with Crippen molar-refractivity contribution in [3.05, 3.63) is 0 Å². The van der Waals surface area contributed by atoms with Crippen LogP contribution in [0.1, 0.15) is 104 Å². The van der Waals surface area contributed by atoms with Crippen molar-refractivity contribution < 1.29 is 5.11 Å². The Balaban J connectivity index is 3.03. The second-order valence-corrected chi connectivity index (χ2v) is 6.49. The van der Waals surface area contributed by atoms with Gasteiger partial charge in [0, 0.05) is 0 Å². The number of hydrogen-bond donors (Lipinski definition) is 1. The zero-order valence-electron chi connectivity index (χ0n) is 13.8. The first-order chi connectivity index (χ1) is 9.18. The maximum absolute atomic E-state index is 9.69. The molecule has 0 aromatic carbocycles. The normalized spacial score (nSPS) is 13.1. The average molecular weight is 271 g/mol. The molecule has 0 aliphatic heterocycles. The molecule has 0 heterocycles. The van der Waals surface area contributed by atoms with Crippen LogP contribution in [-0.2, 0) is 0 Å². The van der Waals surface area contributed by atoms with Crippen molar-refractivity contribution in [3.63, 3.8) is 0 Å². The Hall–Kier alpha value is -0.0400. The molecule has 116 valence electrons. The van der Waals surface area contributed by atoms with Crippen molar-refractivity contribution >= 4 is 0 Å². The van der Waals surface area contributed by atoms with E-state index in [1.807, 2.05) is 0 Å². The molecule has 0 bridgehead atoms. The van der Waals surface area contributed by atoms with E-state index in [4.69, 9.17) is 0 Å². The van der Waals surface area contributed by atoms with Crippen LogP contribution in [0.2, 0.25) is 0 Å². The summed E-state index contributed by atoms with van der Waals surface area (Å²) in [7, 11) is 0. The summed E-state index contributed by atoms with van der Waals surface area (Å²) in [6.45, 7) is 6.48. The van der Waals surface area contributed by atoms with Gasteiger partial charge in [0.05, 0.1) is 6.10 Å². The number of unbranched alkanes of at least 4 members (excludes halogenated alkanes) is 11. The van der Waals surface area contributed by atoms with Gasteiger partial charge in [0.25, 0.3) is 0 Å². The van der Waals surface area contributed by atoms with E-state index in [2.05, 4.69) is 20.8 Å². The van der Waals surface area contributed by atoms with Gasteiger partial charge in [0.1, 0.15) is 0 Å². The summed E-state index contributed by atoms with van der Waals surface area (Å²) in [5.74, 6) is 0.424. The highest BCUT2D eigenvalue weighted by molar-refractivity contribution is 4.59. The Bertz CT molecular complexity index is 165. The van der Waals surface area contributed by atoms with Gasteiger partial charge in [-0.25, -0.2) is 0 Å². The third-order valence-electron chi connectivity index (χ3n) is 4.12. The standard InChI is InChI=1S/C18H38O/c1-4-5-6-7-8-9-10-11-12-13-14-15-16-18(19)17(2)3/h17-19H,4-16H2,1-3H3/t18-/m0/s1. The Morgan fingerprint density at radius 1 is 0.632 bits per heavy atom. The van der Waals surface area contributed by atoms with Crippen LogP contribution in [0.25, 0.3) is 0 Å². The minimum Gasteiger partial charge on any atom is -0.393 e. The van der Waals surface area contributed by atoms with Gasteiger partial charge in [0.15, 0.2) is 0 Å². The van der Waals surface area contributed by atoms with Crippen LogP contribution in [-0.4, -0.2) is 11.2 Å². The van der Waals surface area contributed by atoms with Crippen LogP contribution in [0.15, 0.2) is 0 Å². The molecule has 0 rings (SSSR count). The average Bonchev–Trinajstić information content (AvgIpc) is 2.39. The maximum atomic E-state index is 9.69. The van der Waals surface area contributed by atoms with E-state index < -0.39 is 0 Å². The van der Waals surface area contributed by atoms with E-state index in [-0.39, 0.29) is 6.10 Å². The highest BCUT2D eigenvalue weighted by Crippen LogP contribution is 2.14. The van der Waals surface area contributed by atoms with E-state index in [1.165, 1.54) is 77.0 Å². The minimum atomic E-state index is -0.0804. The van der Waals surface area contributed by atoms with Gasteiger partial charge in [0.2, 0.25) is 0 Å². The summed E-state index contributed by atoms with van der Waals surface area (Å²) < 4.78 is 0. The molecule has 0 saturated heterocycles. The van der Waals surface area contributed by atoms with Gasteiger partial charge in [-0.2, -0.15) is 0 Å². The smallest absolute Gasteiger partial charge is 0.0563 e. The molecule has 0 aromatic rings. The van der Waals surface area contributed by atoms with Gasteiger partial charge in [-0.15, -0.1) is 0 Å². The summed E-state index contributed by atoms with van der Waals surface area (Å²) in [5.41, 5.74) is 0. The number of rotatable bonds is 14. The molecular formula is C18H38O. The predicted octanol–water partition coefficient (Wildman–Crippen LogP) is 6.09. The summed E-state index contributed by atoms with van der Waals surface area (Å²) in [5, 5.41) is 9.69. The van der Waals surface area contributed by atoms with E-state index in [0.29, 0.717) is 5.92 Å². The number of aliphatic hydroxyl groups is 1. The van der Waals surface area contributed by atoms with Crippen molar-refractivity contribution in [2.24, 2.45) is 5.92 Å². The van der Waals surface area contributed by atoms with Crippen LogP contribution in [0, 0.1) is 5.92 Å². The second-order valence-electron chi connectivity index (χ2n) is 6.49. The molecule has 0 fully saturated rings. The Labute approximate surface area is 122 Å². The molecule has 1 atom stereocenters. The number of hydrogen-bond acceptors (Lipinski definition) is 1. The zero-order valence-corrected chi connectivity index (χ0v) is 13.8. The predicted molar refractivity (Wildman–Crippen MR) is 86.5 cm³/mol. The lowest BCUT2D eigenvalue weighted by atomic mass is 10.00. The molecule has 0 radical (unpaired) electrons. The highest BCUT2D eigenvalue weighted by Gasteiger charge is 2.07. The highest BCUT2D eigenvalue weighted by atomic mass is 16.3. The third-order valence-corrected chi connectivity index (χ3v) is 4.12. The first kappa shape index (κ1) is 19.0. The summed E-state index contributed by atoms with van der Waals surface area (Å²) in [4.78, 5) is 0. The second kappa shape index (κ2) is 14.4. The van der Waals surface area contributed by atoms with Crippen molar-refractivity contribution in [2.75, 3.05) is 0 Å². The molecule has 1 nitrogen and oxygen atoms in total. The van der Waals surface area contributed by atoms with Crippen LogP contribution in [0.3, 0.4) is 0 Å². The molecule has 0 aliphatic carbocycles. The molecule has 0 aliphatic rings. The van der Waals surface area contributed by atoms with E-state index in [9.17, 15) is 5.11 Å². The van der Waals surface area contributed by atoms with Crippen LogP contribution >= 0.6 is 0 Å². The van der Waals surface area contributed by atoms with Crippen molar-refractivity contribution in [3.8, 4) is 0 Å². The lowest BCUT2D eigenvalue weighted by Crippen LogP contribution is -2.13. The third kappa shape index (κ3) is 14.2. The molecule has 1 N–H and O–H groups in total. The van der Waals surface area contributed by atoms with Crippen molar-refractivity contribution in [2.45, 2.75) is 110 Å². The first-order valence-corrected chi connectivity index (χ1v) is 8.86. The monoisotopic (exact) mass is 270 g/mol. The fourth-order valence-corrected chi connectivity index (χ4v) is 2.53. The zero-order chi connectivity index (χ0) is 14.3. The van der Waals surface area contributed by atoms with E-state index in [1.54, 1.807) is 0 Å². The molecule has 0 amide bonds. The molecule has 0 unspecified atom stereocenters. The molecule has 1 heteroatoms. The largest absolute Gasteiger partial charge is 0.393 e. The molecule has 0 saturated carbocycles. The van der Waals surface area contributed by atoms with Gasteiger partial charge < -0.3 is 5.11 Å². The van der Waals surface area contributed by atoms with Gasteiger partial charge in [-0.05, 0) is 12.3 Å². The van der Waals surface area contributed by atoms with E-state index in [0.717, 1.165) is 6.42 Å². The van der Waals surface area contributed by atoms with Crippen LogP contribution < -0.4 is 0 Å².